The van der Waals surface area contributed by atoms with Crippen molar-refractivity contribution in [3.8, 4) is 11.5 Å². The van der Waals surface area contributed by atoms with Gasteiger partial charge in [0.05, 0.1) is 23.7 Å². The Labute approximate surface area is 210 Å². The number of ether oxygens (including phenoxy) is 2. The van der Waals surface area contributed by atoms with Gasteiger partial charge in [0.15, 0.2) is 6.10 Å². The van der Waals surface area contributed by atoms with Gasteiger partial charge in [-0.15, -0.1) is 0 Å². The second-order valence-electron chi connectivity index (χ2n) is 8.48. The van der Waals surface area contributed by atoms with Crippen LogP contribution in [-0.2, 0) is 14.8 Å². The summed E-state index contributed by atoms with van der Waals surface area (Å²) in [6.07, 6.45) is -1.04. The monoisotopic (exact) mass is 514 g/mol. The average Bonchev–Trinajstić information content (AvgIpc) is 2.82. The lowest BCUT2D eigenvalue weighted by molar-refractivity contribution is -0.127. The number of fused-ring (bicyclic) bond motifs is 1. The van der Waals surface area contributed by atoms with Crippen LogP contribution in [0.15, 0.2) is 65.6 Å². The number of nitrogens with zero attached hydrogens (tertiary/aromatic N) is 1. The van der Waals surface area contributed by atoms with Gasteiger partial charge in [-0.05, 0) is 62.7 Å². The van der Waals surface area contributed by atoms with E-state index in [-0.39, 0.29) is 30.3 Å². The third kappa shape index (κ3) is 5.55. The molecule has 1 aliphatic rings. The van der Waals surface area contributed by atoms with Crippen LogP contribution in [0.5, 0.6) is 11.5 Å². The molecule has 4 rings (SSSR count). The van der Waals surface area contributed by atoms with Crippen molar-refractivity contribution in [2.75, 3.05) is 24.0 Å². The van der Waals surface area contributed by atoms with Crippen LogP contribution in [0.3, 0.4) is 0 Å². The highest BCUT2D eigenvalue weighted by molar-refractivity contribution is 7.92. The lowest BCUT2D eigenvalue weighted by Crippen LogP contribution is -2.51. The molecule has 0 aromatic heterocycles. The van der Waals surface area contributed by atoms with Crippen molar-refractivity contribution >= 4 is 33.2 Å². The minimum absolute atomic E-state index is 0.122. The molecule has 1 N–H and O–H groups in total. The number of anilines is 1. The molecule has 184 valence electrons. The second-order valence-corrected chi connectivity index (χ2v) is 10.8. The molecule has 0 radical (unpaired) electrons. The minimum atomic E-state index is -3.95. The van der Waals surface area contributed by atoms with E-state index in [1.165, 1.54) is 10.4 Å². The average molecular weight is 515 g/mol. The first-order chi connectivity index (χ1) is 16.6. The molecule has 9 heteroatoms. The SMILES string of the molecule is Cc1ccc(S(=O)(=O)N2CC(C(=O)NCCOc3ccc(C)cc3C)Oc3ccc(Cl)cc32)cc1. The highest BCUT2D eigenvalue weighted by atomic mass is 35.5. The van der Waals surface area contributed by atoms with Gasteiger partial charge in [0.25, 0.3) is 15.9 Å². The maximum atomic E-state index is 13.5. The van der Waals surface area contributed by atoms with Gasteiger partial charge in [0.2, 0.25) is 0 Å². The van der Waals surface area contributed by atoms with Crippen molar-refractivity contribution in [3.05, 3.63) is 82.4 Å². The van der Waals surface area contributed by atoms with Crippen molar-refractivity contribution in [1.82, 2.24) is 5.32 Å². The van der Waals surface area contributed by atoms with E-state index in [1.807, 2.05) is 39.0 Å². The summed E-state index contributed by atoms with van der Waals surface area (Å²) in [5, 5.41) is 3.14. The number of carbonyl (C=O) groups excluding carboxylic acids is 1. The molecule has 3 aromatic carbocycles. The quantitative estimate of drug-likeness (QED) is 0.472. The van der Waals surface area contributed by atoms with E-state index in [0.29, 0.717) is 10.7 Å². The number of sulfonamides is 1. The largest absolute Gasteiger partial charge is 0.491 e. The Balaban J connectivity index is 1.48. The first-order valence-electron chi connectivity index (χ1n) is 11.2. The highest BCUT2D eigenvalue weighted by Crippen LogP contribution is 2.38. The molecule has 7 nitrogen and oxygen atoms in total. The van der Waals surface area contributed by atoms with Crippen molar-refractivity contribution in [3.63, 3.8) is 0 Å². The Morgan fingerprint density at radius 1 is 1.06 bits per heavy atom. The van der Waals surface area contributed by atoms with Crippen LogP contribution in [0, 0.1) is 20.8 Å². The van der Waals surface area contributed by atoms with Gasteiger partial charge in [-0.1, -0.05) is 47.0 Å². The van der Waals surface area contributed by atoms with Crippen LogP contribution in [0.2, 0.25) is 5.02 Å². The maximum absolute atomic E-state index is 13.5. The second kappa shape index (κ2) is 10.2. The van der Waals surface area contributed by atoms with Gasteiger partial charge >= 0.3 is 0 Å². The molecule has 3 aromatic rings. The third-order valence-corrected chi connectivity index (χ3v) is 7.71. The van der Waals surface area contributed by atoms with Crippen LogP contribution in [0.4, 0.5) is 5.69 Å². The standard InChI is InChI=1S/C26H27ClN2O5S/c1-17-4-8-21(9-5-17)35(31,32)29-16-25(34-24-11-7-20(27)15-22(24)29)26(30)28-12-13-33-23-10-6-18(2)14-19(23)3/h4-11,14-15,25H,12-13,16H2,1-3H3,(H,28,30). The van der Waals surface area contributed by atoms with Gasteiger partial charge in [-0.2, -0.15) is 0 Å². The summed E-state index contributed by atoms with van der Waals surface area (Å²) >= 11 is 6.14. The summed E-state index contributed by atoms with van der Waals surface area (Å²) in [4.78, 5) is 13.0. The summed E-state index contributed by atoms with van der Waals surface area (Å²) in [7, 11) is -3.95. The summed E-state index contributed by atoms with van der Waals surface area (Å²) < 4.78 is 39.8. The van der Waals surface area contributed by atoms with Gasteiger partial charge in [0, 0.05) is 5.02 Å². The van der Waals surface area contributed by atoms with Gasteiger partial charge in [-0.3, -0.25) is 9.10 Å². The molecule has 0 aliphatic carbocycles. The van der Waals surface area contributed by atoms with Crippen LogP contribution < -0.4 is 19.1 Å². The maximum Gasteiger partial charge on any atom is 0.264 e. The predicted molar refractivity (Wildman–Crippen MR) is 136 cm³/mol. The normalized spacial score (nSPS) is 15.2. The number of nitrogens with one attached hydrogen (secondary N) is 1. The number of aryl methyl sites for hydroxylation is 3. The molecule has 0 bridgehead atoms. The molecule has 0 saturated carbocycles. The first-order valence-corrected chi connectivity index (χ1v) is 13.0. The van der Waals surface area contributed by atoms with Crippen LogP contribution in [0.25, 0.3) is 0 Å². The Kier molecular flexibility index (Phi) is 7.23. The molecular formula is C26H27ClN2O5S. The summed E-state index contributed by atoms with van der Waals surface area (Å²) in [5.74, 6) is 0.585. The fraction of sp³-hybridized carbons (Fsp3) is 0.269. The molecule has 1 amide bonds. The number of halogens is 1. The van der Waals surface area contributed by atoms with E-state index in [9.17, 15) is 13.2 Å². The lowest BCUT2D eigenvalue weighted by atomic mass is 10.1. The Morgan fingerprint density at radius 3 is 2.49 bits per heavy atom. The third-order valence-electron chi connectivity index (χ3n) is 5.68. The van der Waals surface area contributed by atoms with Gasteiger partial charge in [-0.25, -0.2) is 8.42 Å². The molecule has 1 atom stereocenters. The van der Waals surface area contributed by atoms with E-state index < -0.39 is 22.0 Å². The van der Waals surface area contributed by atoms with Crippen molar-refractivity contribution in [2.45, 2.75) is 31.8 Å². The number of hydrogen-bond donors (Lipinski definition) is 1. The fourth-order valence-corrected chi connectivity index (χ4v) is 5.47. The van der Waals surface area contributed by atoms with E-state index in [0.717, 1.165) is 22.4 Å². The number of amides is 1. The van der Waals surface area contributed by atoms with E-state index in [2.05, 4.69) is 5.32 Å². The van der Waals surface area contributed by atoms with E-state index in [1.54, 1.807) is 36.4 Å². The predicted octanol–water partition coefficient (Wildman–Crippen LogP) is 4.42. The summed E-state index contributed by atoms with van der Waals surface area (Å²) in [5.41, 5.74) is 3.39. The molecule has 0 fully saturated rings. The summed E-state index contributed by atoms with van der Waals surface area (Å²) in [6.45, 7) is 6.17. The van der Waals surface area contributed by atoms with Crippen molar-refractivity contribution < 1.29 is 22.7 Å². The van der Waals surface area contributed by atoms with Crippen LogP contribution in [0.1, 0.15) is 16.7 Å². The Bertz CT molecular complexity index is 1340. The molecule has 1 heterocycles. The fourth-order valence-electron chi connectivity index (χ4n) is 3.84. The molecule has 35 heavy (non-hydrogen) atoms. The molecule has 1 aliphatic heterocycles. The smallest absolute Gasteiger partial charge is 0.264 e. The van der Waals surface area contributed by atoms with Gasteiger partial charge in [0.1, 0.15) is 18.1 Å². The number of hydrogen-bond acceptors (Lipinski definition) is 5. The minimum Gasteiger partial charge on any atom is -0.491 e. The van der Waals surface area contributed by atoms with Crippen molar-refractivity contribution in [2.24, 2.45) is 0 Å². The number of carbonyl (C=O) groups is 1. The Hall–Kier alpha value is -3.23. The molecular weight excluding hydrogens is 488 g/mol. The number of rotatable bonds is 7. The zero-order chi connectivity index (χ0) is 25.2. The van der Waals surface area contributed by atoms with E-state index in [4.69, 9.17) is 21.1 Å². The van der Waals surface area contributed by atoms with Crippen LogP contribution >= 0.6 is 11.6 Å². The lowest BCUT2D eigenvalue weighted by Gasteiger charge is -2.34. The number of benzene rings is 3. The molecule has 0 spiro atoms. The van der Waals surface area contributed by atoms with Gasteiger partial charge < -0.3 is 14.8 Å². The first kappa shape index (κ1) is 24.9. The topological polar surface area (TPSA) is 84.9 Å². The Morgan fingerprint density at radius 2 is 1.77 bits per heavy atom. The zero-order valence-corrected chi connectivity index (χ0v) is 21.3. The molecule has 0 saturated heterocycles. The van der Waals surface area contributed by atoms with Crippen molar-refractivity contribution in [1.29, 1.82) is 0 Å². The molecule has 1 unspecified atom stereocenters. The van der Waals surface area contributed by atoms with E-state index >= 15 is 0 Å². The highest BCUT2D eigenvalue weighted by Gasteiger charge is 2.37. The van der Waals surface area contributed by atoms with Crippen LogP contribution in [-0.4, -0.2) is 40.1 Å². The zero-order valence-electron chi connectivity index (χ0n) is 19.7. The summed E-state index contributed by atoms with van der Waals surface area (Å²) in [6, 6.07) is 17.1.